The molecular weight excluding hydrogens is 288 g/mol. The highest BCUT2D eigenvalue weighted by atomic mass is 16.2. The lowest BCUT2D eigenvalue weighted by Gasteiger charge is -2.11. The van der Waals surface area contributed by atoms with E-state index in [0.29, 0.717) is 24.3 Å². The second kappa shape index (κ2) is 5.95. The van der Waals surface area contributed by atoms with Gasteiger partial charge in [-0.3, -0.25) is 14.6 Å². The molecule has 4 heteroatoms. The molecule has 0 unspecified atom stereocenters. The maximum atomic E-state index is 12.2. The SMILES string of the molecule is CC(C)CC(=O)c1cncc(-c2ccc3c(c2)CC(=O)N3C)c1. The highest BCUT2D eigenvalue weighted by Gasteiger charge is 2.24. The average molecular weight is 308 g/mol. The minimum absolute atomic E-state index is 0.108. The van der Waals surface area contributed by atoms with E-state index in [0.717, 1.165) is 22.4 Å². The summed E-state index contributed by atoms with van der Waals surface area (Å²) in [6, 6.07) is 7.84. The Hall–Kier alpha value is -2.49. The van der Waals surface area contributed by atoms with Gasteiger partial charge in [0.15, 0.2) is 5.78 Å². The van der Waals surface area contributed by atoms with Crippen LogP contribution >= 0.6 is 0 Å². The monoisotopic (exact) mass is 308 g/mol. The number of nitrogens with zero attached hydrogens (tertiary/aromatic N) is 2. The molecule has 2 aromatic rings. The van der Waals surface area contributed by atoms with Crippen LogP contribution in [-0.2, 0) is 11.2 Å². The van der Waals surface area contributed by atoms with Crippen LogP contribution in [0, 0.1) is 5.92 Å². The van der Waals surface area contributed by atoms with Crippen LogP contribution in [0.25, 0.3) is 11.1 Å². The van der Waals surface area contributed by atoms with Gasteiger partial charge in [0.25, 0.3) is 0 Å². The van der Waals surface area contributed by atoms with Crippen LogP contribution in [0.1, 0.15) is 36.2 Å². The predicted octanol–water partition coefficient (Wildman–Crippen LogP) is 3.50. The molecule has 1 aliphatic heterocycles. The standard InChI is InChI=1S/C19H20N2O2/c1-12(2)6-18(22)16-8-15(10-20-11-16)13-4-5-17-14(7-13)9-19(23)21(17)3/h4-5,7-8,10-12H,6,9H2,1-3H3. The largest absolute Gasteiger partial charge is 0.315 e. The van der Waals surface area contributed by atoms with Gasteiger partial charge in [-0.1, -0.05) is 19.9 Å². The smallest absolute Gasteiger partial charge is 0.231 e. The molecule has 0 saturated heterocycles. The molecule has 0 aliphatic carbocycles. The van der Waals surface area contributed by atoms with Gasteiger partial charge in [-0.2, -0.15) is 0 Å². The van der Waals surface area contributed by atoms with E-state index < -0.39 is 0 Å². The van der Waals surface area contributed by atoms with E-state index in [1.807, 2.05) is 38.1 Å². The maximum absolute atomic E-state index is 12.2. The average Bonchev–Trinajstić information content (AvgIpc) is 2.81. The zero-order chi connectivity index (χ0) is 16.6. The number of carbonyl (C=O) groups is 2. The van der Waals surface area contributed by atoms with Gasteiger partial charge in [0.2, 0.25) is 5.91 Å². The van der Waals surface area contributed by atoms with Gasteiger partial charge in [-0.25, -0.2) is 0 Å². The van der Waals surface area contributed by atoms with Gasteiger partial charge in [0, 0.05) is 42.7 Å². The first-order chi connectivity index (χ1) is 11.0. The van der Waals surface area contributed by atoms with Crippen molar-refractivity contribution in [3.63, 3.8) is 0 Å². The highest BCUT2D eigenvalue weighted by molar-refractivity contribution is 6.01. The number of hydrogen-bond donors (Lipinski definition) is 0. The lowest BCUT2D eigenvalue weighted by atomic mass is 9.98. The maximum Gasteiger partial charge on any atom is 0.231 e. The molecular formula is C19H20N2O2. The third kappa shape index (κ3) is 3.02. The fraction of sp³-hybridized carbons (Fsp3) is 0.316. The Bertz CT molecular complexity index is 781. The first kappa shape index (κ1) is 15.4. The van der Waals surface area contributed by atoms with Crippen LogP contribution in [0.5, 0.6) is 0 Å². The van der Waals surface area contributed by atoms with Crippen molar-refractivity contribution in [1.82, 2.24) is 4.98 Å². The Kier molecular flexibility index (Phi) is 3.99. The number of amides is 1. The molecule has 0 saturated carbocycles. The van der Waals surface area contributed by atoms with Crippen LogP contribution < -0.4 is 4.90 Å². The number of anilines is 1. The Morgan fingerprint density at radius 1 is 1.22 bits per heavy atom. The summed E-state index contributed by atoms with van der Waals surface area (Å²) in [4.78, 5) is 29.9. The third-order valence-corrected chi connectivity index (χ3v) is 4.14. The van der Waals surface area contributed by atoms with Gasteiger partial charge in [0.05, 0.1) is 6.42 Å². The van der Waals surface area contributed by atoms with Crippen LogP contribution in [0.15, 0.2) is 36.7 Å². The molecule has 0 bridgehead atoms. The summed E-state index contributed by atoms with van der Waals surface area (Å²) >= 11 is 0. The number of carbonyl (C=O) groups excluding carboxylic acids is 2. The second-order valence-corrected chi connectivity index (χ2v) is 6.46. The van der Waals surface area contributed by atoms with Crippen LogP contribution in [0.2, 0.25) is 0 Å². The number of fused-ring (bicyclic) bond motifs is 1. The number of Topliss-reactive ketones (excluding diaryl/α,β-unsaturated/α-hetero) is 1. The summed E-state index contributed by atoms with van der Waals surface area (Å²) in [5.41, 5.74) is 4.51. The quantitative estimate of drug-likeness (QED) is 0.812. The zero-order valence-corrected chi connectivity index (χ0v) is 13.7. The van der Waals surface area contributed by atoms with Gasteiger partial charge < -0.3 is 4.90 Å². The van der Waals surface area contributed by atoms with Crippen molar-refractivity contribution in [1.29, 1.82) is 0 Å². The molecule has 0 fully saturated rings. The summed E-state index contributed by atoms with van der Waals surface area (Å²) in [6.07, 6.45) is 4.33. The molecule has 4 nitrogen and oxygen atoms in total. The normalized spacial score (nSPS) is 13.6. The first-order valence-electron chi connectivity index (χ1n) is 7.84. The Labute approximate surface area is 136 Å². The van der Waals surface area contributed by atoms with Crippen molar-refractivity contribution >= 4 is 17.4 Å². The minimum atomic E-state index is 0.108. The summed E-state index contributed by atoms with van der Waals surface area (Å²) in [5.74, 6) is 0.550. The Morgan fingerprint density at radius 3 is 2.74 bits per heavy atom. The van der Waals surface area contributed by atoms with Crippen LogP contribution in [0.3, 0.4) is 0 Å². The van der Waals surface area contributed by atoms with E-state index in [1.165, 1.54) is 0 Å². The predicted molar refractivity (Wildman–Crippen MR) is 90.6 cm³/mol. The molecule has 0 radical (unpaired) electrons. The topological polar surface area (TPSA) is 50.3 Å². The first-order valence-corrected chi connectivity index (χ1v) is 7.84. The van der Waals surface area contributed by atoms with E-state index in [4.69, 9.17) is 0 Å². The zero-order valence-electron chi connectivity index (χ0n) is 13.7. The Morgan fingerprint density at radius 2 is 2.00 bits per heavy atom. The number of ketones is 1. The summed E-state index contributed by atoms with van der Waals surface area (Å²) < 4.78 is 0. The highest BCUT2D eigenvalue weighted by Crippen LogP contribution is 2.32. The Balaban J connectivity index is 1.93. The number of pyridine rings is 1. The van der Waals surface area contributed by atoms with Crippen molar-refractivity contribution in [3.8, 4) is 11.1 Å². The van der Waals surface area contributed by atoms with Crippen molar-refractivity contribution in [2.24, 2.45) is 5.92 Å². The molecule has 1 aromatic heterocycles. The summed E-state index contributed by atoms with van der Waals surface area (Å²) in [5, 5.41) is 0. The van der Waals surface area contributed by atoms with E-state index in [9.17, 15) is 9.59 Å². The number of likely N-dealkylation sites (N-methyl/N-ethyl adjacent to an activating group) is 1. The molecule has 1 amide bonds. The van der Waals surface area contributed by atoms with Crippen molar-refractivity contribution in [2.45, 2.75) is 26.7 Å². The molecule has 0 atom stereocenters. The molecule has 0 N–H and O–H groups in total. The number of rotatable bonds is 4. The van der Waals surface area contributed by atoms with E-state index in [2.05, 4.69) is 4.98 Å². The van der Waals surface area contributed by atoms with E-state index in [-0.39, 0.29) is 11.7 Å². The second-order valence-electron chi connectivity index (χ2n) is 6.46. The van der Waals surface area contributed by atoms with Crippen LogP contribution in [-0.4, -0.2) is 23.7 Å². The molecule has 0 spiro atoms. The molecule has 1 aliphatic rings. The fourth-order valence-corrected chi connectivity index (χ4v) is 2.89. The minimum Gasteiger partial charge on any atom is -0.315 e. The lowest BCUT2D eigenvalue weighted by molar-refractivity contribution is -0.117. The molecule has 2 heterocycles. The lowest BCUT2D eigenvalue weighted by Crippen LogP contribution is -2.20. The van der Waals surface area contributed by atoms with Crippen LogP contribution in [0.4, 0.5) is 5.69 Å². The van der Waals surface area contributed by atoms with Gasteiger partial charge in [-0.05, 0) is 35.2 Å². The molecule has 118 valence electrons. The van der Waals surface area contributed by atoms with Gasteiger partial charge in [0.1, 0.15) is 0 Å². The molecule has 3 rings (SSSR count). The van der Waals surface area contributed by atoms with E-state index in [1.54, 1.807) is 24.3 Å². The molecule has 1 aromatic carbocycles. The summed E-state index contributed by atoms with van der Waals surface area (Å²) in [7, 11) is 1.79. The number of benzene rings is 1. The van der Waals surface area contributed by atoms with Gasteiger partial charge >= 0.3 is 0 Å². The number of hydrogen-bond acceptors (Lipinski definition) is 3. The van der Waals surface area contributed by atoms with E-state index >= 15 is 0 Å². The number of aromatic nitrogens is 1. The van der Waals surface area contributed by atoms with Crippen molar-refractivity contribution < 1.29 is 9.59 Å². The van der Waals surface area contributed by atoms with Gasteiger partial charge in [-0.15, -0.1) is 0 Å². The third-order valence-electron chi connectivity index (χ3n) is 4.14. The van der Waals surface area contributed by atoms with Crippen molar-refractivity contribution in [2.75, 3.05) is 11.9 Å². The van der Waals surface area contributed by atoms with Crippen molar-refractivity contribution in [3.05, 3.63) is 47.8 Å². The summed E-state index contributed by atoms with van der Waals surface area (Å²) in [6.45, 7) is 4.06. The molecule has 23 heavy (non-hydrogen) atoms. The fourth-order valence-electron chi connectivity index (χ4n) is 2.89.